The van der Waals surface area contributed by atoms with Gasteiger partial charge in [-0.15, -0.1) is 0 Å². The van der Waals surface area contributed by atoms with Crippen molar-refractivity contribution < 1.29 is 13.9 Å². The lowest BCUT2D eigenvalue weighted by atomic mass is 10.1. The van der Waals surface area contributed by atoms with Crippen LogP contribution in [0.2, 0.25) is 0 Å². The van der Waals surface area contributed by atoms with Crippen LogP contribution in [0.3, 0.4) is 0 Å². The Morgan fingerprint density at radius 2 is 2.25 bits per heavy atom. The van der Waals surface area contributed by atoms with Gasteiger partial charge in [0.2, 0.25) is 0 Å². The van der Waals surface area contributed by atoms with E-state index in [4.69, 9.17) is 9.15 Å². The van der Waals surface area contributed by atoms with E-state index in [-0.39, 0.29) is 17.5 Å². The Morgan fingerprint density at radius 3 is 3.00 bits per heavy atom. The first-order valence-electron chi connectivity index (χ1n) is 8.32. The van der Waals surface area contributed by atoms with E-state index >= 15 is 0 Å². The molecule has 1 aromatic heterocycles. The van der Waals surface area contributed by atoms with Crippen molar-refractivity contribution in [3.63, 3.8) is 0 Å². The number of hydrogen-bond donors (Lipinski definition) is 1. The summed E-state index contributed by atoms with van der Waals surface area (Å²) >= 11 is 0. The highest BCUT2D eigenvalue weighted by Gasteiger charge is 2.24. The van der Waals surface area contributed by atoms with Crippen molar-refractivity contribution in [1.29, 1.82) is 0 Å². The summed E-state index contributed by atoms with van der Waals surface area (Å²) < 4.78 is 10.9. The SMILES string of the molecule is CCCOc1ccc2cc(C(=O)N3CCN[C@H](C)C3)c(=O)oc2c1. The molecule has 1 N–H and O–H groups in total. The number of benzene rings is 1. The largest absolute Gasteiger partial charge is 0.493 e. The fourth-order valence-electron chi connectivity index (χ4n) is 2.84. The summed E-state index contributed by atoms with van der Waals surface area (Å²) in [5.74, 6) is 0.382. The van der Waals surface area contributed by atoms with Crippen LogP contribution in [-0.4, -0.2) is 43.1 Å². The van der Waals surface area contributed by atoms with E-state index in [2.05, 4.69) is 5.32 Å². The summed E-state index contributed by atoms with van der Waals surface area (Å²) in [4.78, 5) is 26.6. The van der Waals surface area contributed by atoms with Crippen molar-refractivity contribution in [3.8, 4) is 5.75 Å². The van der Waals surface area contributed by atoms with Gasteiger partial charge in [-0.25, -0.2) is 4.79 Å². The molecule has 6 nitrogen and oxygen atoms in total. The van der Waals surface area contributed by atoms with Crippen LogP contribution in [0.1, 0.15) is 30.6 Å². The molecule has 3 rings (SSSR count). The maximum atomic E-state index is 12.6. The molecule has 2 aromatic rings. The van der Waals surface area contributed by atoms with E-state index in [1.54, 1.807) is 23.1 Å². The minimum absolute atomic E-state index is 0.0822. The molecule has 0 bridgehead atoms. The van der Waals surface area contributed by atoms with Gasteiger partial charge in [0, 0.05) is 37.1 Å². The summed E-state index contributed by atoms with van der Waals surface area (Å²) in [6.45, 7) is 6.54. The first kappa shape index (κ1) is 16.5. The van der Waals surface area contributed by atoms with Gasteiger partial charge >= 0.3 is 5.63 Å². The second kappa shape index (κ2) is 7.05. The van der Waals surface area contributed by atoms with Gasteiger partial charge in [0.25, 0.3) is 5.91 Å². The van der Waals surface area contributed by atoms with Gasteiger partial charge < -0.3 is 19.4 Å². The molecule has 2 heterocycles. The zero-order valence-corrected chi connectivity index (χ0v) is 14.0. The topological polar surface area (TPSA) is 71.8 Å². The van der Waals surface area contributed by atoms with E-state index in [1.807, 2.05) is 19.9 Å². The minimum atomic E-state index is -0.605. The minimum Gasteiger partial charge on any atom is -0.493 e. The fourth-order valence-corrected chi connectivity index (χ4v) is 2.84. The van der Waals surface area contributed by atoms with Crippen LogP contribution in [0, 0.1) is 0 Å². The summed E-state index contributed by atoms with van der Waals surface area (Å²) in [6, 6.07) is 7.14. The summed E-state index contributed by atoms with van der Waals surface area (Å²) in [6.07, 6.45) is 0.901. The zero-order valence-electron chi connectivity index (χ0n) is 14.0. The number of nitrogens with one attached hydrogen (secondary N) is 1. The van der Waals surface area contributed by atoms with Gasteiger partial charge in [-0.2, -0.15) is 0 Å². The van der Waals surface area contributed by atoms with Gasteiger partial charge in [0.1, 0.15) is 16.9 Å². The summed E-state index contributed by atoms with van der Waals surface area (Å²) in [7, 11) is 0. The van der Waals surface area contributed by atoms with Crippen LogP contribution in [0.4, 0.5) is 0 Å². The van der Waals surface area contributed by atoms with Crippen LogP contribution in [0.25, 0.3) is 11.0 Å². The second-order valence-electron chi connectivity index (χ2n) is 6.10. The molecule has 24 heavy (non-hydrogen) atoms. The smallest absolute Gasteiger partial charge is 0.349 e. The van der Waals surface area contributed by atoms with Gasteiger partial charge in [-0.05, 0) is 31.5 Å². The predicted molar refractivity (Wildman–Crippen MR) is 91.6 cm³/mol. The van der Waals surface area contributed by atoms with Crippen LogP contribution < -0.4 is 15.7 Å². The lowest BCUT2D eigenvalue weighted by Crippen LogP contribution is -2.51. The highest BCUT2D eigenvalue weighted by atomic mass is 16.5. The Morgan fingerprint density at radius 1 is 1.42 bits per heavy atom. The van der Waals surface area contributed by atoms with Crippen LogP contribution in [0.15, 0.2) is 33.5 Å². The molecule has 1 atom stereocenters. The molecule has 0 aliphatic carbocycles. The molecule has 0 saturated carbocycles. The molecule has 0 spiro atoms. The Labute approximate surface area is 140 Å². The Balaban J connectivity index is 1.90. The van der Waals surface area contributed by atoms with E-state index < -0.39 is 5.63 Å². The molecule has 1 amide bonds. The Kier molecular flexibility index (Phi) is 4.85. The predicted octanol–water partition coefficient (Wildman–Crippen LogP) is 2.02. The van der Waals surface area contributed by atoms with Crippen molar-refractivity contribution in [1.82, 2.24) is 10.2 Å². The van der Waals surface area contributed by atoms with Gasteiger partial charge in [-0.3, -0.25) is 4.79 Å². The third-order valence-corrected chi connectivity index (χ3v) is 4.07. The number of piperazine rings is 1. The molecular formula is C18H22N2O4. The van der Waals surface area contributed by atoms with E-state index in [0.29, 0.717) is 36.4 Å². The quantitative estimate of drug-likeness (QED) is 0.868. The van der Waals surface area contributed by atoms with Crippen molar-refractivity contribution in [2.24, 2.45) is 0 Å². The third kappa shape index (κ3) is 3.43. The Bertz CT molecular complexity index is 799. The van der Waals surface area contributed by atoms with E-state index in [1.165, 1.54) is 0 Å². The molecule has 6 heteroatoms. The average molecular weight is 330 g/mol. The summed E-state index contributed by atoms with van der Waals surface area (Å²) in [5.41, 5.74) is -0.0935. The number of ether oxygens (including phenoxy) is 1. The van der Waals surface area contributed by atoms with E-state index in [9.17, 15) is 9.59 Å². The molecule has 0 radical (unpaired) electrons. The van der Waals surface area contributed by atoms with E-state index in [0.717, 1.165) is 13.0 Å². The Hall–Kier alpha value is -2.34. The van der Waals surface area contributed by atoms with Crippen LogP contribution in [0.5, 0.6) is 5.75 Å². The normalized spacial score (nSPS) is 17.9. The fraction of sp³-hybridized carbons (Fsp3) is 0.444. The highest BCUT2D eigenvalue weighted by molar-refractivity contribution is 5.96. The van der Waals surface area contributed by atoms with Crippen molar-refractivity contribution in [3.05, 3.63) is 40.2 Å². The first-order valence-corrected chi connectivity index (χ1v) is 8.32. The molecule has 1 aliphatic heterocycles. The maximum absolute atomic E-state index is 12.6. The maximum Gasteiger partial charge on any atom is 0.349 e. The molecular weight excluding hydrogens is 308 g/mol. The number of carbonyl (C=O) groups excluding carboxylic acids is 1. The molecule has 0 unspecified atom stereocenters. The number of nitrogens with zero attached hydrogens (tertiary/aromatic N) is 1. The molecule has 1 fully saturated rings. The number of amides is 1. The van der Waals surface area contributed by atoms with Gasteiger partial charge in [-0.1, -0.05) is 6.92 Å². The number of carbonyl (C=O) groups is 1. The summed E-state index contributed by atoms with van der Waals surface area (Å²) in [5, 5.41) is 3.99. The van der Waals surface area contributed by atoms with Gasteiger partial charge in [0.15, 0.2) is 0 Å². The first-order chi connectivity index (χ1) is 11.6. The highest BCUT2D eigenvalue weighted by Crippen LogP contribution is 2.21. The third-order valence-electron chi connectivity index (χ3n) is 4.07. The number of rotatable bonds is 4. The molecule has 1 aliphatic rings. The lowest BCUT2D eigenvalue weighted by Gasteiger charge is -2.31. The average Bonchev–Trinajstić information content (AvgIpc) is 2.58. The molecule has 1 saturated heterocycles. The zero-order chi connectivity index (χ0) is 17.1. The standard InChI is InChI=1S/C18H22N2O4/c1-3-8-23-14-5-4-13-9-15(18(22)24-16(13)10-14)17(21)20-7-6-19-12(2)11-20/h4-5,9-10,12,19H,3,6-8,11H2,1-2H3/t12-/m1/s1. The monoisotopic (exact) mass is 330 g/mol. The van der Waals surface area contributed by atoms with Crippen molar-refractivity contribution >= 4 is 16.9 Å². The van der Waals surface area contributed by atoms with Crippen molar-refractivity contribution in [2.45, 2.75) is 26.3 Å². The van der Waals surface area contributed by atoms with Gasteiger partial charge in [0.05, 0.1) is 6.61 Å². The molecule has 1 aromatic carbocycles. The second-order valence-corrected chi connectivity index (χ2v) is 6.10. The van der Waals surface area contributed by atoms with Crippen molar-refractivity contribution in [2.75, 3.05) is 26.2 Å². The number of fused-ring (bicyclic) bond motifs is 1. The van der Waals surface area contributed by atoms with Crippen LogP contribution in [-0.2, 0) is 0 Å². The number of hydrogen-bond acceptors (Lipinski definition) is 5. The lowest BCUT2D eigenvalue weighted by molar-refractivity contribution is 0.0705. The molecule has 128 valence electrons. The van der Waals surface area contributed by atoms with Crippen LogP contribution >= 0.6 is 0 Å².